The lowest BCUT2D eigenvalue weighted by Crippen LogP contribution is -2.57. The normalized spacial score (nSPS) is 29.5. The smallest absolute Gasteiger partial charge is 0.309 e. The lowest BCUT2D eigenvalue weighted by molar-refractivity contribution is -0.175. The molecule has 0 spiro atoms. The van der Waals surface area contributed by atoms with E-state index in [2.05, 4.69) is 4.98 Å². The van der Waals surface area contributed by atoms with Gasteiger partial charge in [0, 0.05) is 42.2 Å². The van der Waals surface area contributed by atoms with Crippen molar-refractivity contribution in [3.63, 3.8) is 0 Å². The molecule has 2 heterocycles. The molecule has 4 saturated carbocycles. The highest BCUT2D eigenvalue weighted by molar-refractivity contribution is 7.90. The first-order valence-corrected chi connectivity index (χ1v) is 13.9. The molecule has 3 aromatic rings. The van der Waals surface area contributed by atoms with Crippen molar-refractivity contribution >= 4 is 26.7 Å². The van der Waals surface area contributed by atoms with Gasteiger partial charge in [-0.1, -0.05) is 0 Å². The number of pyridine rings is 1. The summed E-state index contributed by atoms with van der Waals surface area (Å²) in [5.74, 6) is 0.618. The Morgan fingerprint density at radius 3 is 2.51 bits per heavy atom. The van der Waals surface area contributed by atoms with E-state index < -0.39 is 21.2 Å². The van der Waals surface area contributed by atoms with Gasteiger partial charge < -0.3 is 19.4 Å². The van der Waals surface area contributed by atoms with Gasteiger partial charge in [-0.2, -0.15) is 0 Å². The summed E-state index contributed by atoms with van der Waals surface area (Å²) in [6.45, 7) is 0. The predicted molar refractivity (Wildman–Crippen MR) is 130 cm³/mol. The van der Waals surface area contributed by atoms with Crippen LogP contribution in [0.1, 0.15) is 32.1 Å². The first-order chi connectivity index (χ1) is 16.6. The zero-order valence-corrected chi connectivity index (χ0v) is 20.5. The number of carboxylic acids is 1. The van der Waals surface area contributed by atoms with Crippen LogP contribution in [0.3, 0.4) is 0 Å². The molecule has 35 heavy (non-hydrogen) atoms. The number of nitrogens with one attached hydrogen (secondary N) is 1. The fourth-order valence-corrected chi connectivity index (χ4v) is 7.76. The van der Waals surface area contributed by atoms with Gasteiger partial charge in [-0.3, -0.25) is 9.59 Å². The second-order valence-corrected chi connectivity index (χ2v) is 12.8. The van der Waals surface area contributed by atoms with Gasteiger partial charge in [0.2, 0.25) is 0 Å². The van der Waals surface area contributed by atoms with Crippen LogP contribution in [0.5, 0.6) is 5.75 Å². The maximum absolute atomic E-state index is 12.6. The molecule has 184 valence electrons. The summed E-state index contributed by atoms with van der Waals surface area (Å²) in [4.78, 5) is 27.9. The number of H-pyrrole nitrogens is 1. The summed E-state index contributed by atoms with van der Waals surface area (Å²) >= 11 is 0. The van der Waals surface area contributed by atoms with E-state index in [-0.39, 0.29) is 28.4 Å². The van der Waals surface area contributed by atoms with E-state index in [0.717, 1.165) is 19.3 Å². The van der Waals surface area contributed by atoms with Crippen LogP contribution in [0.15, 0.2) is 46.3 Å². The van der Waals surface area contributed by atoms with Crippen molar-refractivity contribution in [2.24, 2.45) is 30.2 Å². The summed E-state index contributed by atoms with van der Waals surface area (Å²) in [5.41, 5.74) is 0.952. The molecule has 0 amide bonds. The maximum atomic E-state index is 12.6. The third kappa shape index (κ3) is 3.43. The van der Waals surface area contributed by atoms with Crippen LogP contribution in [0, 0.1) is 23.2 Å². The number of aliphatic carboxylic acids is 1. The molecule has 2 atom stereocenters. The average molecular weight is 497 g/mol. The van der Waals surface area contributed by atoms with Crippen molar-refractivity contribution in [1.29, 1.82) is 0 Å². The highest BCUT2D eigenvalue weighted by Gasteiger charge is 2.59. The third-order valence-electron chi connectivity index (χ3n) is 8.47. The van der Waals surface area contributed by atoms with Gasteiger partial charge in [0.05, 0.1) is 10.3 Å². The van der Waals surface area contributed by atoms with Crippen molar-refractivity contribution < 1.29 is 23.1 Å². The fraction of sp³-hybridized carbons (Fsp3) is 0.462. The molecule has 0 aliphatic heterocycles. The summed E-state index contributed by atoms with van der Waals surface area (Å²) < 4.78 is 32.9. The van der Waals surface area contributed by atoms with Crippen LogP contribution < -0.4 is 10.3 Å². The van der Waals surface area contributed by atoms with Crippen LogP contribution in [-0.4, -0.2) is 41.4 Å². The molecule has 9 heteroatoms. The number of aryl methyl sites for hydroxylation is 1. The number of aromatic amines is 1. The zero-order chi connectivity index (χ0) is 24.7. The van der Waals surface area contributed by atoms with E-state index in [1.807, 2.05) is 6.07 Å². The number of hydrogen-bond acceptors (Lipinski definition) is 5. The molecule has 4 aliphatic rings. The highest BCUT2D eigenvalue weighted by Crippen LogP contribution is 2.61. The standard InChI is InChI=1S/C26H28N2O6S/c1-28-13-20(18-5-6-27-22(18)24(28)29)19-9-17(35(2,32)33)3-4-21(19)34-23-15-7-14-8-16(23)12-26(10-14,11-15)25(30)31/h3-6,9,13-16,23,27H,7-8,10-12H2,1-2H3,(H,30,31). The third-order valence-corrected chi connectivity index (χ3v) is 9.58. The minimum Gasteiger partial charge on any atom is -0.489 e. The van der Waals surface area contributed by atoms with Gasteiger partial charge in [0.15, 0.2) is 9.84 Å². The number of benzene rings is 1. The van der Waals surface area contributed by atoms with Crippen LogP contribution in [0.4, 0.5) is 0 Å². The Bertz CT molecular complexity index is 1520. The van der Waals surface area contributed by atoms with Gasteiger partial charge in [-0.15, -0.1) is 0 Å². The quantitative estimate of drug-likeness (QED) is 0.557. The van der Waals surface area contributed by atoms with Gasteiger partial charge >= 0.3 is 5.97 Å². The number of carboxylic acid groups (broad SMARTS) is 1. The van der Waals surface area contributed by atoms with Crippen molar-refractivity contribution in [2.75, 3.05) is 6.26 Å². The number of sulfone groups is 1. The molecule has 2 aromatic heterocycles. The SMILES string of the molecule is Cn1cc(-c2cc(S(C)(=O)=O)ccc2OC2C3CC4CC2CC(C(=O)O)(C4)C3)c2cc[nH]c2c1=O. The lowest BCUT2D eigenvalue weighted by Gasteiger charge is -2.57. The Morgan fingerprint density at radius 2 is 1.86 bits per heavy atom. The van der Waals surface area contributed by atoms with Crippen LogP contribution >= 0.6 is 0 Å². The van der Waals surface area contributed by atoms with E-state index in [0.29, 0.717) is 46.5 Å². The van der Waals surface area contributed by atoms with Gasteiger partial charge in [-0.25, -0.2) is 8.42 Å². The molecule has 7 rings (SSSR count). The summed E-state index contributed by atoms with van der Waals surface area (Å²) in [7, 11) is -1.81. The largest absolute Gasteiger partial charge is 0.489 e. The number of nitrogens with zero attached hydrogens (tertiary/aromatic N) is 1. The predicted octanol–water partition coefficient (Wildman–Crippen LogP) is 3.60. The Balaban J connectivity index is 1.46. The summed E-state index contributed by atoms with van der Waals surface area (Å²) in [6.07, 6.45) is 8.41. The number of hydrogen-bond donors (Lipinski definition) is 2. The maximum Gasteiger partial charge on any atom is 0.309 e. The molecule has 4 aliphatic carbocycles. The monoisotopic (exact) mass is 496 g/mol. The second kappa shape index (κ2) is 7.46. The number of fused-ring (bicyclic) bond motifs is 1. The Kier molecular flexibility index (Phi) is 4.78. The summed E-state index contributed by atoms with van der Waals surface area (Å²) in [6, 6.07) is 6.68. The van der Waals surface area contributed by atoms with Crippen LogP contribution in [0.2, 0.25) is 0 Å². The lowest BCUT2D eigenvalue weighted by atomic mass is 9.48. The van der Waals surface area contributed by atoms with E-state index in [4.69, 9.17) is 4.74 Å². The van der Waals surface area contributed by atoms with E-state index in [1.54, 1.807) is 37.6 Å². The topological polar surface area (TPSA) is 118 Å². The van der Waals surface area contributed by atoms with Crippen LogP contribution in [-0.2, 0) is 21.7 Å². The van der Waals surface area contributed by atoms with Gasteiger partial charge in [-0.05, 0) is 74.1 Å². The molecule has 0 radical (unpaired) electrons. The molecule has 1 aromatic carbocycles. The number of rotatable bonds is 5. The first kappa shape index (κ1) is 22.4. The highest BCUT2D eigenvalue weighted by atomic mass is 32.2. The fourth-order valence-electron chi connectivity index (χ4n) is 7.12. The summed E-state index contributed by atoms with van der Waals surface area (Å²) in [5, 5.41) is 10.6. The van der Waals surface area contributed by atoms with Crippen molar-refractivity contribution in [1.82, 2.24) is 9.55 Å². The molecule has 4 bridgehead atoms. The van der Waals surface area contributed by atoms with E-state index in [1.165, 1.54) is 10.8 Å². The second-order valence-electron chi connectivity index (χ2n) is 10.8. The van der Waals surface area contributed by atoms with Gasteiger partial charge in [0.25, 0.3) is 5.56 Å². The molecular weight excluding hydrogens is 468 g/mol. The number of ether oxygens (including phenoxy) is 1. The number of aromatic nitrogens is 2. The molecule has 4 fully saturated rings. The van der Waals surface area contributed by atoms with Gasteiger partial charge in [0.1, 0.15) is 17.4 Å². The molecular formula is C26H28N2O6S. The first-order valence-electron chi connectivity index (χ1n) is 12.0. The molecule has 0 saturated heterocycles. The van der Waals surface area contributed by atoms with E-state index in [9.17, 15) is 23.1 Å². The Labute approximate surface area is 202 Å². The number of carbonyl (C=O) groups is 1. The van der Waals surface area contributed by atoms with Crippen molar-refractivity contribution in [3.8, 4) is 16.9 Å². The Morgan fingerprint density at radius 1 is 1.14 bits per heavy atom. The van der Waals surface area contributed by atoms with E-state index >= 15 is 0 Å². The molecule has 2 unspecified atom stereocenters. The van der Waals surface area contributed by atoms with Crippen LogP contribution in [0.25, 0.3) is 22.0 Å². The molecule has 2 N–H and O–H groups in total. The van der Waals surface area contributed by atoms with Crippen molar-refractivity contribution in [3.05, 3.63) is 47.0 Å². The minimum absolute atomic E-state index is 0.115. The average Bonchev–Trinajstić information content (AvgIpc) is 3.28. The molecule has 8 nitrogen and oxygen atoms in total. The Hall–Kier alpha value is -3.07. The van der Waals surface area contributed by atoms with Crippen molar-refractivity contribution in [2.45, 2.75) is 43.1 Å². The minimum atomic E-state index is -3.47. The zero-order valence-electron chi connectivity index (χ0n) is 19.7.